The number of aromatic amines is 1. The summed E-state index contributed by atoms with van der Waals surface area (Å²) in [6, 6.07) is 8.13. The first kappa shape index (κ1) is 20.8. The van der Waals surface area contributed by atoms with Gasteiger partial charge in [0.05, 0.1) is 5.69 Å². The number of furan rings is 1. The van der Waals surface area contributed by atoms with Crippen LogP contribution in [0, 0.1) is 12.8 Å². The number of carbonyl (C=O) groups is 1. The second-order valence-corrected chi connectivity index (χ2v) is 9.65. The quantitative estimate of drug-likeness (QED) is 0.543. The zero-order valence-corrected chi connectivity index (χ0v) is 18.8. The molecule has 0 radical (unpaired) electrons. The predicted molar refractivity (Wildman–Crippen MR) is 126 cm³/mol. The predicted octanol–water partition coefficient (Wildman–Crippen LogP) is 5.38. The molecular formula is C26H35N3O2. The first-order chi connectivity index (χ1) is 15.2. The van der Waals surface area contributed by atoms with Gasteiger partial charge in [-0.15, -0.1) is 0 Å². The SMILES string of the molecule is Cc1cc2ccc3[nH]c(C(=O)CC4CCN(CCN5CCCCCC5)CC4)cc3c2o1. The Kier molecular flexibility index (Phi) is 6.15. The molecule has 0 bridgehead atoms. The topological polar surface area (TPSA) is 52.5 Å². The number of fused-ring (bicyclic) bond motifs is 3. The van der Waals surface area contributed by atoms with Gasteiger partial charge in [-0.3, -0.25) is 4.79 Å². The molecule has 31 heavy (non-hydrogen) atoms. The molecule has 2 fully saturated rings. The van der Waals surface area contributed by atoms with E-state index in [-0.39, 0.29) is 5.78 Å². The summed E-state index contributed by atoms with van der Waals surface area (Å²) in [5.41, 5.74) is 2.58. The van der Waals surface area contributed by atoms with Crippen molar-refractivity contribution in [1.82, 2.24) is 14.8 Å². The van der Waals surface area contributed by atoms with Gasteiger partial charge in [0.25, 0.3) is 0 Å². The van der Waals surface area contributed by atoms with Crippen molar-refractivity contribution >= 4 is 27.7 Å². The molecule has 2 aliphatic heterocycles. The molecule has 0 aliphatic carbocycles. The lowest BCUT2D eigenvalue weighted by atomic mass is 9.91. The molecule has 0 unspecified atom stereocenters. The minimum Gasteiger partial charge on any atom is -0.461 e. The maximum absolute atomic E-state index is 13.0. The van der Waals surface area contributed by atoms with Crippen LogP contribution in [0.4, 0.5) is 0 Å². The Bertz CT molecular complexity index is 1030. The van der Waals surface area contributed by atoms with Crippen molar-refractivity contribution in [3.63, 3.8) is 0 Å². The van der Waals surface area contributed by atoms with Crippen LogP contribution in [-0.4, -0.2) is 59.8 Å². The van der Waals surface area contributed by atoms with Crippen LogP contribution in [0.25, 0.3) is 21.9 Å². The second-order valence-electron chi connectivity index (χ2n) is 9.65. The Balaban J connectivity index is 1.14. The molecule has 4 heterocycles. The van der Waals surface area contributed by atoms with Crippen LogP contribution in [0.1, 0.15) is 61.2 Å². The summed E-state index contributed by atoms with van der Waals surface area (Å²) in [4.78, 5) is 21.6. The Morgan fingerprint density at radius 3 is 2.45 bits per heavy atom. The van der Waals surface area contributed by atoms with Gasteiger partial charge in [-0.05, 0) is 89.0 Å². The van der Waals surface area contributed by atoms with Crippen molar-refractivity contribution in [1.29, 1.82) is 0 Å². The zero-order valence-electron chi connectivity index (χ0n) is 18.8. The Labute approximate surface area is 184 Å². The molecule has 5 heteroatoms. The number of carbonyl (C=O) groups excluding carboxylic acids is 1. The second kappa shape index (κ2) is 9.17. The molecule has 0 amide bonds. The first-order valence-electron chi connectivity index (χ1n) is 12.2. The van der Waals surface area contributed by atoms with Crippen LogP contribution >= 0.6 is 0 Å². The molecule has 2 saturated heterocycles. The fourth-order valence-corrected chi connectivity index (χ4v) is 5.41. The van der Waals surface area contributed by atoms with Crippen LogP contribution in [0.15, 0.2) is 28.7 Å². The Hall–Kier alpha value is -2.11. The number of aromatic nitrogens is 1. The number of ketones is 1. The maximum Gasteiger partial charge on any atom is 0.179 e. The standard InChI is InChI=1S/C26H35N3O2/c1-19-16-21-6-7-23-22(26(21)31-19)18-24(27-23)25(30)17-20-8-12-29(13-9-20)15-14-28-10-4-2-3-5-11-28/h6-7,16,18,20,27H,2-5,8-15,17H2,1H3. The highest BCUT2D eigenvalue weighted by atomic mass is 16.3. The van der Waals surface area contributed by atoms with Crippen LogP contribution in [-0.2, 0) is 0 Å². The van der Waals surface area contributed by atoms with Crippen molar-refractivity contribution in [2.75, 3.05) is 39.3 Å². The van der Waals surface area contributed by atoms with Crippen LogP contribution in [0.2, 0.25) is 0 Å². The summed E-state index contributed by atoms with van der Waals surface area (Å²) >= 11 is 0. The third-order valence-electron chi connectivity index (χ3n) is 7.32. The number of aryl methyl sites for hydroxylation is 1. The van der Waals surface area contributed by atoms with Gasteiger partial charge in [-0.25, -0.2) is 0 Å². The third kappa shape index (κ3) is 4.73. The number of nitrogens with zero attached hydrogens (tertiary/aromatic N) is 2. The average molecular weight is 422 g/mol. The molecule has 1 N–H and O–H groups in total. The number of piperidine rings is 1. The third-order valence-corrected chi connectivity index (χ3v) is 7.32. The lowest BCUT2D eigenvalue weighted by molar-refractivity contribution is 0.0918. The van der Waals surface area contributed by atoms with Crippen LogP contribution < -0.4 is 0 Å². The van der Waals surface area contributed by atoms with Gasteiger partial charge in [0, 0.05) is 35.8 Å². The number of nitrogens with one attached hydrogen (secondary N) is 1. The summed E-state index contributed by atoms with van der Waals surface area (Å²) in [6.45, 7) is 9.17. The number of benzene rings is 1. The van der Waals surface area contributed by atoms with Crippen molar-refractivity contribution in [3.8, 4) is 0 Å². The summed E-state index contributed by atoms with van der Waals surface area (Å²) in [6.07, 6.45) is 8.44. The number of Topliss-reactive ketones (excluding diaryl/α,β-unsaturated/α-hetero) is 1. The normalized spacial score (nSPS) is 19.9. The molecule has 0 saturated carbocycles. The summed E-state index contributed by atoms with van der Waals surface area (Å²) in [7, 11) is 0. The van der Waals surface area contributed by atoms with E-state index in [1.165, 1.54) is 51.9 Å². The minimum absolute atomic E-state index is 0.232. The fourth-order valence-electron chi connectivity index (χ4n) is 5.41. The molecule has 5 rings (SSSR count). The molecule has 2 aromatic heterocycles. The van der Waals surface area contributed by atoms with Crippen molar-refractivity contribution in [2.24, 2.45) is 5.92 Å². The van der Waals surface area contributed by atoms with Crippen molar-refractivity contribution < 1.29 is 9.21 Å². The lowest BCUT2D eigenvalue weighted by Crippen LogP contribution is -2.40. The van der Waals surface area contributed by atoms with Crippen molar-refractivity contribution in [3.05, 3.63) is 35.7 Å². The number of hydrogen-bond acceptors (Lipinski definition) is 4. The van der Waals surface area contributed by atoms with Gasteiger partial charge in [-0.1, -0.05) is 12.8 Å². The monoisotopic (exact) mass is 421 g/mol. The number of likely N-dealkylation sites (tertiary alicyclic amines) is 2. The summed E-state index contributed by atoms with van der Waals surface area (Å²) < 4.78 is 5.87. The van der Waals surface area contributed by atoms with Crippen LogP contribution in [0.3, 0.4) is 0 Å². The molecular weight excluding hydrogens is 386 g/mol. The lowest BCUT2D eigenvalue weighted by Gasteiger charge is -2.33. The van der Waals surface area contributed by atoms with E-state index in [0.717, 1.165) is 59.3 Å². The summed E-state index contributed by atoms with van der Waals surface area (Å²) in [5.74, 6) is 1.63. The molecule has 166 valence electrons. The van der Waals surface area contributed by atoms with Crippen molar-refractivity contribution in [2.45, 2.75) is 51.9 Å². The molecule has 3 aromatic rings. The number of H-pyrrole nitrogens is 1. The summed E-state index contributed by atoms with van der Waals surface area (Å²) in [5, 5.41) is 2.10. The zero-order chi connectivity index (χ0) is 21.2. The van der Waals surface area contributed by atoms with E-state index in [0.29, 0.717) is 12.3 Å². The van der Waals surface area contributed by atoms with E-state index in [2.05, 4.69) is 20.9 Å². The highest BCUT2D eigenvalue weighted by Crippen LogP contribution is 2.30. The van der Waals surface area contributed by atoms with E-state index in [1.54, 1.807) is 0 Å². The van der Waals surface area contributed by atoms with Gasteiger partial charge < -0.3 is 19.2 Å². The van der Waals surface area contributed by atoms with E-state index in [4.69, 9.17) is 4.42 Å². The Morgan fingerprint density at radius 2 is 1.71 bits per heavy atom. The maximum atomic E-state index is 13.0. The average Bonchev–Trinajstić information content (AvgIpc) is 3.27. The molecule has 0 spiro atoms. The molecule has 1 aromatic carbocycles. The molecule has 5 nitrogen and oxygen atoms in total. The first-order valence-corrected chi connectivity index (χ1v) is 12.2. The molecule has 2 aliphatic rings. The fraction of sp³-hybridized carbons (Fsp3) is 0.577. The van der Waals surface area contributed by atoms with Gasteiger partial charge in [-0.2, -0.15) is 0 Å². The van der Waals surface area contributed by atoms with E-state index in [1.807, 2.05) is 25.1 Å². The highest BCUT2D eigenvalue weighted by molar-refractivity contribution is 6.08. The van der Waals surface area contributed by atoms with Gasteiger partial charge in [0.1, 0.15) is 11.3 Å². The van der Waals surface area contributed by atoms with E-state index in [9.17, 15) is 4.79 Å². The largest absolute Gasteiger partial charge is 0.461 e. The molecule has 0 atom stereocenters. The van der Waals surface area contributed by atoms with Crippen LogP contribution in [0.5, 0.6) is 0 Å². The number of rotatable bonds is 6. The number of hydrogen-bond donors (Lipinski definition) is 1. The van der Waals surface area contributed by atoms with E-state index >= 15 is 0 Å². The van der Waals surface area contributed by atoms with Gasteiger partial charge in [0.2, 0.25) is 0 Å². The minimum atomic E-state index is 0.232. The smallest absolute Gasteiger partial charge is 0.179 e. The Morgan fingerprint density at radius 1 is 1.00 bits per heavy atom. The highest BCUT2D eigenvalue weighted by Gasteiger charge is 2.23. The van der Waals surface area contributed by atoms with E-state index < -0.39 is 0 Å². The van der Waals surface area contributed by atoms with Gasteiger partial charge >= 0.3 is 0 Å². The van der Waals surface area contributed by atoms with Gasteiger partial charge in [0.15, 0.2) is 5.78 Å².